The second-order valence-electron chi connectivity index (χ2n) is 3.24. The zero-order chi connectivity index (χ0) is 8.36. The fourth-order valence-electron chi connectivity index (χ4n) is 0.403. The summed E-state index contributed by atoms with van der Waals surface area (Å²) in [7, 11) is 0. The Morgan fingerprint density at radius 3 is 2.00 bits per heavy atom. The topological polar surface area (TPSA) is 17.1 Å². The van der Waals surface area contributed by atoms with Crippen LogP contribution in [0.1, 0.15) is 27.2 Å². The van der Waals surface area contributed by atoms with Crippen LogP contribution < -0.4 is 0 Å². The number of hydrogen-bond donors (Lipinski definition) is 1. The Morgan fingerprint density at radius 1 is 1.50 bits per heavy atom. The molecule has 10 heavy (non-hydrogen) atoms. The maximum Gasteiger partial charge on any atom is 0.143 e. The van der Waals surface area contributed by atoms with Crippen LogP contribution in [0, 0.1) is 5.41 Å². The second-order valence-corrected chi connectivity index (χ2v) is 4.58. The normalized spacial score (nSPS) is 11.2. The molecule has 0 N–H and O–H groups in total. The maximum absolute atomic E-state index is 11.1. The Labute approximate surface area is 72.6 Å². The fourth-order valence-corrected chi connectivity index (χ4v) is 0.677. The van der Waals surface area contributed by atoms with Crippen molar-refractivity contribution in [1.29, 1.82) is 0 Å². The maximum atomic E-state index is 11.1. The van der Waals surface area contributed by atoms with Gasteiger partial charge in [0.15, 0.2) is 0 Å². The monoisotopic (exact) mass is 176 g/mol. The summed E-state index contributed by atoms with van der Waals surface area (Å²) in [6.07, 6.45) is 0.307. The van der Waals surface area contributed by atoms with E-state index in [2.05, 4.69) is 24.8 Å². The summed E-state index contributed by atoms with van der Waals surface area (Å²) < 4.78 is 0.472. The molecule has 0 saturated carbocycles. The number of thiocarbonyl (C=S) groups is 1. The van der Waals surface area contributed by atoms with E-state index < -0.39 is 0 Å². The van der Waals surface area contributed by atoms with Gasteiger partial charge in [0.2, 0.25) is 0 Å². The molecule has 0 aliphatic heterocycles. The molecule has 0 spiro atoms. The third-order valence-electron chi connectivity index (χ3n) is 1.15. The number of Topliss-reactive ketones (excluding diaryl/α,β-unsaturated/α-hetero) is 1. The number of hydrogen-bond acceptors (Lipinski definition) is 2. The predicted octanol–water partition coefficient (Wildman–Crippen LogP) is 2.25. The molecule has 3 heteroatoms. The highest BCUT2D eigenvalue weighted by atomic mass is 32.1. The van der Waals surface area contributed by atoms with Gasteiger partial charge in [-0.2, -0.15) is 0 Å². The lowest BCUT2D eigenvalue weighted by Crippen LogP contribution is -2.21. The van der Waals surface area contributed by atoms with Gasteiger partial charge in [-0.3, -0.25) is 4.79 Å². The molecule has 0 fully saturated rings. The van der Waals surface area contributed by atoms with E-state index in [1.54, 1.807) is 0 Å². The van der Waals surface area contributed by atoms with Crippen molar-refractivity contribution in [2.24, 2.45) is 5.41 Å². The number of thiol groups is 1. The van der Waals surface area contributed by atoms with E-state index in [1.807, 2.05) is 20.8 Å². The Morgan fingerprint density at radius 2 is 1.90 bits per heavy atom. The largest absolute Gasteiger partial charge is 0.299 e. The van der Waals surface area contributed by atoms with Gasteiger partial charge in [-0.05, 0) is 0 Å². The minimum atomic E-state index is -0.285. The van der Waals surface area contributed by atoms with Crippen molar-refractivity contribution in [3.8, 4) is 0 Å². The molecule has 1 nitrogen and oxygen atoms in total. The van der Waals surface area contributed by atoms with Crippen LogP contribution in [0.25, 0.3) is 0 Å². The molecule has 58 valence electrons. The van der Waals surface area contributed by atoms with Gasteiger partial charge >= 0.3 is 0 Å². The number of ketones is 1. The minimum absolute atomic E-state index is 0.146. The van der Waals surface area contributed by atoms with Crippen LogP contribution in [0.2, 0.25) is 0 Å². The van der Waals surface area contributed by atoms with Gasteiger partial charge in [-0.1, -0.05) is 33.0 Å². The average molecular weight is 176 g/mol. The average Bonchev–Trinajstić information content (AvgIpc) is 1.60. The SMILES string of the molecule is CC(C)(C)C(=O)CC(=S)S. The zero-order valence-corrected chi connectivity index (χ0v) is 8.18. The molecule has 0 unspecified atom stereocenters. The molecule has 0 aliphatic rings. The van der Waals surface area contributed by atoms with Crippen LogP contribution in [0.3, 0.4) is 0 Å². The predicted molar refractivity (Wildman–Crippen MR) is 50.7 cm³/mol. The zero-order valence-electron chi connectivity index (χ0n) is 6.47. The van der Waals surface area contributed by atoms with Crippen molar-refractivity contribution in [3.63, 3.8) is 0 Å². The minimum Gasteiger partial charge on any atom is -0.299 e. The van der Waals surface area contributed by atoms with Gasteiger partial charge < -0.3 is 0 Å². The third-order valence-corrected chi connectivity index (χ3v) is 1.45. The molecular formula is C7H12OS2. The van der Waals surface area contributed by atoms with Crippen LogP contribution in [0.4, 0.5) is 0 Å². The van der Waals surface area contributed by atoms with Gasteiger partial charge in [0.05, 0.1) is 4.20 Å². The van der Waals surface area contributed by atoms with E-state index in [9.17, 15) is 4.79 Å². The van der Waals surface area contributed by atoms with Gasteiger partial charge in [0.25, 0.3) is 0 Å². The van der Waals surface area contributed by atoms with Crippen molar-refractivity contribution in [2.45, 2.75) is 27.2 Å². The molecule has 0 saturated heterocycles. The van der Waals surface area contributed by atoms with E-state index in [4.69, 9.17) is 0 Å². The van der Waals surface area contributed by atoms with Crippen molar-refractivity contribution in [3.05, 3.63) is 0 Å². The molecule has 0 aliphatic carbocycles. The second kappa shape index (κ2) is 3.49. The first kappa shape index (κ1) is 10.1. The summed E-state index contributed by atoms with van der Waals surface area (Å²) in [4.78, 5) is 11.1. The summed E-state index contributed by atoms with van der Waals surface area (Å²) in [6, 6.07) is 0. The first-order valence-electron chi connectivity index (χ1n) is 3.09. The number of rotatable bonds is 2. The van der Waals surface area contributed by atoms with Gasteiger partial charge in [0, 0.05) is 11.8 Å². The van der Waals surface area contributed by atoms with Crippen molar-refractivity contribution < 1.29 is 4.79 Å². The van der Waals surface area contributed by atoms with Crippen LogP contribution >= 0.6 is 24.8 Å². The molecule has 0 aromatic rings. The molecule has 0 atom stereocenters. The summed E-state index contributed by atoms with van der Waals surface area (Å²) >= 11 is 8.56. The quantitative estimate of drug-likeness (QED) is 0.513. The van der Waals surface area contributed by atoms with E-state index in [0.717, 1.165) is 0 Å². The lowest BCUT2D eigenvalue weighted by atomic mass is 9.89. The summed E-state index contributed by atoms with van der Waals surface area (Å²) in [5, 5.41) is 0. The van der Waals surface area contributed by atoms with E-state index >= 15 is 0 Å². The lowest BCUT2D eigenvalue weighted by molar-refractivity contribution is -0.124. The highest BCUT2D eigenvalue weighted by Gasteiger charge is 2.20. The summed E-state index contributed by atoms with van der Waals surface area (Å²) in [6.45, 7) is 5.63. The Hall–Kier alpha value is 0.110. The molecule has 0 amide bonds. The summed E-state index contributed by atoms with van der Waals surface area (Å²) in [5.74, 6) is 0.146. The van der Waals surface area contributed by atoms with Crippen molar-refractivity contribution in [1.82, 2.24) is 0 Å². The first-order valence-corrected chi connectivity index (χ1v) is 3.94. The van der Waals surface area contributed by atoms with E-state index in [1.165, 1.54) is 0 Å². The molecule has 0 heterocycles. The standard InChI is InChI=1S/C7H12OS2/c1-7(2,3)5(8)4-6(9)10/h4H2,1-3H3,(H,9,10). The number of carbonyl (C=O) groups excluding carboxylic acids is 1. The third kappa shape index (κ3) is 4.01. The van der Waals surface area contributed by atoms with Crippen molar-refractivity contribution >= 4 is 34.8 Å². The highest BCUT2D eigenvalue weighted by Crippen LogP contribution is 2.17. The molecule has 0 aromatic heterocycles. The van der Waals surface area contributed by atoms with Crippen LogP contribution in [0.5, 0.6) is 0 Å². The van der Waals surface area contributed by atoms with Crippen molar-refractivity contribution in [2.75, 3.05) is 0 Å². The summed E-state index contributed by atoms with van der Waals surface area (Å²) in [5.41, 5.74) is -0.285. The Kier molecular flexibility index (Phi) is 3.52. The van der Waals surface area contributed by atoms with Gasteiger partial charge in [0.1, 0.15) is 5.78 Å². The highest BCUT2D eigenvalue weighted by molar-refractivity contribution is 8.11. The van der Waals surface area contributed by atoms with Gasteiger partial charge in [-0.15, -0.1) is 12.6 Å². The molecular weight excluding hydrogens is 164 g/mol. The Balaban J connectivity index is 3.99. The Bertz CT molecular complexity index is 155. The lowest BCUT2D eigenvalue weighted by Gasteiger charge is -2.15. The van der Waals surface area contributed by atoms with Gasteiger partial charge in [-0.25, -0.2) is 0 Å². The van der Waals surface area contributed by atoms with E-state index in [0.29, 0.717) is 10.6 Å². The first-order chi connectivity index (χ1) is 4.34. The number of carbonyl (C=O) groups is 1. The fraction of sp³-hybridized carbons (Fsp3) is 0.714. The molecule has 0 radical (unpaired) electrons. The molecule has 0 bridgehead atoms. The van der Waals surface area contributed by atoms with Crippen LogP contribution in [-0.2, 0) is 4.79 Å². The smallest absolute Gasteiger partial charge is 0.143 e. The molecule has 0 aromatic carbocycles. The van der Waals surface area contributed by atoms with Crippen LogP contribution in [-0.4, -0.2) is 9.98 Å². The van der Waals surface area contributed by atoms with Crippen LogP contribution in [0.15, 0.2) is 0 Å². The van der Waals surface area contributed by atoms with E-state index in [-0.39, 0.29) is 11.2 Å². The molecule has 0 rings (SSSR count).